The largest absolute Gasteiger partial charge is 0.506 e. The lowest BCUT2D eigenvalue weighted by molar-refractivity contribution is -0.114. The van der Waals surface area contributed by atoms with Crippen LogP contribution in [0.2, 0.25) is 0 Å². The number of rotatable bonds is 4. The van der Waals surface area contributed by atoms with Crippen LogP contribution in [0, 0.1) is 0 Å². The van der Waals surface area contributed by atoms with Gasteiger partial charge in [-0.2, -0.15) is 0 Å². The minimum Gasteiger partial charge on any atom is -0.506 e. The first-order chi connectivity index (χ1) is 12.5. The normalized spacial score (nSPS) is 11.8. The zero-order chi connectivity index (χ0) is 18.7. The number of benzene rings is 3. The molecule has 3 N–H and O–H groups in total. The van der Waals surface area contributed by atoms with Crippen LogP contribution in [0.1, 0.15) is 35.8 Å². The van der Waals surface area contributed by atoms with Gasteiger partial charge in [0, 0.05) is 18.0 Å². The Morgan fingerprint density at radius 2 is 1.65 bits per heavy atom. The quantitative estimate of drug-likeness (QED) is 0.667. The van der Waals surface area contributed by atoms with Crippen molar-refractivity contribution in [2.45, 2.75) is 19.9 Å². The zero-order valence-corrected chi connectivity index (χ0v) is 14.6. The van der Waals surface area contributed by atoms with E-state index in [1.54, 1.807) is 24.3 Å². The summed E-state index contributed by atoms with van der Waals surface area (Å²) in [7, 11) is 0. The molecule has 0 bridgehead atoms. The Hall–Kier alpha value is -3.34. The van der Waals surface area contributed by atoms with Crippen LogP contribution in [-0.4, -0.2) is 16.9 Å². The van der Waals surface area contributed by atoms with Crippen molar-refractivity contribution < 1.29 is 14.7 Å². The number of anilines is 1. The van der Waals surface area contributed by atoms with Crippen molar-refractivity contribution in [3.05, 3.63) is 71.8 Å². The molecular weight excluding hydrogens is 328 g/mol. The van der Waals surface area contributed by atoms with Crippen molar-refractivity contribution in [3.63, 3.8) is 0 Å². The van der Waals surface area contributed by atoms with E-state index in [0.717, 1.165) is 10.9 Å². The fraction of sp³-hybridized carbons (Fsp3) is 0.143. The molecule has 0 aliphatic rings. The molecule has 5 heteroatoms. The number of amides is 2. The number of hydrogen-bond acceptors (Lipinski definition) is 3. The highest BCUT2D eigenvalue weighted by atomic mass is 16.3. The van der Waals surface area contributed by atoms with E-state index in [0.29, 0.717) is 11.1 Å². The molecular formula is C21H20N2O3. The number of aromatic hydroxyl groups is 1. The highest BCUT2D eigenvalue weighted by molar-refractivity contribution is 6.03. The number of nitrogens with one attached hydrogen (secondary N) is 2. The van der Waals surface area contributed by atoms with Crippen LogP contribution < -0.4 is 10.6 Å². The molecule has 0 heterocycles. The van der Waals surface area contributed by atoms with Crippen molar-refractivity contribution in [2.24, 2.45) is 0 Å². The van der Waals surface area contributed by atoms with E-state index in [-0.39, 0.29) is 29.2 Å². The molecule has 2 amide bonds. The van der Waals surface area contributed by atoms with Crippen LogP contribution in [0.3, 0.4) is 0 Å². The van der Waals surface area contributed by atoms with Crippen LogP contribution in [0.5, 0.6) is 5.75 Å². The Labute approximate surface area is 151 Å². The summed E-state index contributed by atoms with van der Waals surface area (Å²) in [6.45, 7) is 3.27. The molecule has 3 aromatic rings. The van der Waals surface area contributed by atoms with E-state index < -0.39 is 0 Å². The Balaban J connectivity index is 1.87. The molecule has 3 rings (SSSR count). The summed E-state index contributed by atoms with van der Waals surface area (Å²) < 4.78 is 0. The van der Waals surface area contributed by atoms with Gasteiger partial charge in [-0.3, -0.25) is 9.59 Å². The molecule has 26 heavy (non-hydrogen) atoms. The maximum atomic E-state index is 12.7. The summed E-state index contributed by atoms with van der Waals surface area (Å²) in [6.07, 6.45) is 0. The summed E-state index contributed by atoms with van der Waals surface area (Å²) in [5.74, 6) is -0.593. The SMILES string of the molecule is CC(=O)Nc1ccccc1C(C)NC(=O)c1ccc2ccccc2c1O. The smallest absolute Gasteiger partial charge is 0.255 e. The summed E-state index contributed by atoms with van der Waals surface area (Å²) in [5.41, 5.74) is 1.65. The number of carbonyl (C=O) groups is 2. The third-order valence-electron chi connectivity index (χ3n) is 4.23. The minimum atomic E-state index is -0.376. The van der Waals surface area contributed by atoms with Crippen molar-refractivity contribution >= 4 is 28.3 Å². The summed E-state index contributed by atoms with van der Waals surface area (Å²) >= 11 is 0. The second kappa shape index (κ2) is 7.27. The topological polar surface area (TPSA) is 78.4 Å². The Morgan fingerprint density at radius 1 is 0.962 bits per heavy atom. The Morgan fingerprint density at radius 3 is 2.42 bits per heavy atom. The highest BCUT2D eigenvalue weighted by Gasteiger charge is 2.18. The van der Waals surface area contributed by atoms with Gasteiger partial charge in [-0.05, 0) is 30.0 Å². The molecule has 0 fully saturated rings. The number of para-hydroxylation sites is 1. The number of hydrogen-bond donors (Lipinski definition) is 3. The van der Waals surface area contributed by atoms with Crippen LogP contribution in [-0.2, 0) is 4.79 Å². The fourth-order valence-corrected chi connectivity index (χ4v) is 2.97. The second-order valence-corrected chi connectivity index (χ2v) is 6.15. The zero-order valence-electron chi connectivity index (χ0n) is 14.6. The fourth-order valence-electron chi connectivity index (χ4n) is 2.97. The average molecular weight is 348 g/mol. The molecule has 1 unspecified atom stereocenters. The molecule has 0 spiro atoms. The van der Waals surface area contributed by atoms with Crippen molar-refractivity contribution in [2.75, 3.05) is 5.32 Å². The van der Waals surface area contributed by atoms with E-state index in [1.165, 1.54) is 6.92 Å². The van der Waals surface area contributed by atoms with E-state index in [2.05, 4.69) is 10.6 Å². The molecule has 0 aromatic heterocycles. The molecule has 0 aliphatic heterocycles. The first kappa shape index (κ1) is 17.5. The Bertz CT molecular complexity index is 982. The van der Waals surface area contributed by atoms with Gasteiger partial charge in [0.05, 0.1) is 11.6 Å². The summed E-state index contributed by atoms with van der Waals surface area (Å²) in [5, 5.41) is 17.6. The van der Waals surface area contributed by atoms with Gasteiger partial charge in [-0.25, -0.2) is 0 Å². The van der Waals surface area contributed by atoms with Crippen LogP contribution in [0.15, 0.2) is 60.7 Å². The molecule has 1 atom stereocenters. The third-order valence-corrected chi connectivity index (χ3v) is 4.23. The number of carbonyl (C=O) groups excluding carboxylic acids is 2. The highest BCUT2D eigenvalue weighted by Crippen LogP contribution is 2.29. The molecule has 0 radical (unpaired) electrons. The minimum absolute atomic E-state index is 0.0389. The average Bonchev–Trinajstić information content (AvgIpc) is 2.62. The number of phenolic OH excluding ortho intramolecular Hbond substituents is 1. The molecule has 132 valence electrons. The molecule has 5 nitrogen and oxygen atoms in total. The molecule has 0 saturated carbocycles. The maximum absolute atomic E-state index is 12.7. The Kier molecular flexibility index (Phi) is 4.89. The first-order valence-corrected chi connectivity index (χ1v) is 8.35. The van der Waals surface area contributed by atoms with Gasteiger partial charge in [-0.1, -0.05) is 48.5 Å². The predicted molar refractivity (Wildman–Crippen MR) is 102 cm³/mol. The monoisotopic (exact) mass is 348 g/mol. The number of fused-ring (bicyclic) bond motifs is 1. The van der Waals surface area contributed by atoms with Crippen LogP contribution >= 0.6 is 0 Å². The molecule has 0 saturated heterocycles. The van der Waals surface area contributed by atoms with Crippen molar-refractivity contribution in [1.82, 2.24) is 5.32 Å². The lowest BCUT2D eigenvalue weighted by Crippen LogP contribution is -2.27. The van der Waals surface area contributed by atoms with E-state index in [4.69, 9.17) is 0 Å². The van der Waals surface area contributed by atoms with Gasteiger partial charge >= 0.3 is 0 Å². The summed E-state index contributed by atoms with van der Waals surface area (Å²) in [4.78, 5) is 24.0. The number of phenols is 1. The lowest BCUT2D eigenvalue weighted by atomic mass is 10.0. The van der Waals surface area contributed by atoms with Gasteiger partial charge in [-0.15, -0.1) is 0 Å². The predicted octanol–water partition coefficient (Wildman–Crippen LogP) is 3.99. The lowest BCUT2D eigenvalue weighted by Gasteiger charge is -2.18. The third kappa shape index (κ3) is 3.52. The van der Waals surface area contributed by atoms with Crippen LogP contribution in [0.25, 0.3) is 10.8 Å². The van der Waals surface area contributed by atoms with Crippen LogP contribution in [0.4, 0.5) is 5.69 Å². The van der Waals surface area contributed by atoms with Gasteiger partial charge in [0.25, 0.3) is 5.91 Å². The van der Waals surface area contributed by atoms with Gasteiger partial charge in [0.1, 0.15) is 5.75 Å². The standard InChI is InChI=1S/C21H20N2O3/c1-13(16-8-5-6-10-19(16)23-14(2)24)22-21(26)18-12-11-15-7-3-4-9-17(15)20(18)25/h3-13,25H,1-2H3,(H,22,26)(H,23,24). The van der Waals surface area contributed by atoms with E-state index >= 15 is 0 Å². The molecule has 0 aliphatic carbocycles. The van der Waals surface area contributed by atoms with E-state index in [9.17, 15) is 14.7 Å². The van der Waals surface area contributed by atoms with Gasteiger partial charge in [0.15, 0.2) is 0 Å². The van der Waals surface area contributed by atoms with E-state index in [1.807, 2.05) is 43.3 Å². The second-order valence-electron chi connectivity index (χ2n) is 6.15. The van der Waals surface area contributed by atoms with Gasteiger partial charge in [0.2, 0.25) is 5.91 Å². The van der Waals surface area contributed by atoms with Crippen molar-refractivity contribution in [1.29, 1.82) is 0 Å². The molecule has 3 aromatic carbocycles. The van der Waals surface area contributed by atoms with Gasteiger partial charge < -0.3 is 15.7 Å². The maximum Gasteiger partial charge on any atom is 0.255 e. The summed E-state index contributed by atoms with van der Waals surface area (Å²) in [6, 6.07) is 17.7. The first-order valence-electron chi connectivity index (χ1n) is 8.35. The van der Waals surface area contributed by atoms with Crippen molar-refractivity contribution in [3.8, 4) is 5.75 Å².